The molecule has 7 nitrogen and oxygen atoms in total. The second-order valence-electron chi connectivity index (χ2n) is 4.99. The van der Waals surface area contributed by atoms with Crippen molar-refractivity contribution in [1.29, 1.82) is 0 Å². The van der Waals surface area contributed by atoms with E-state index in [2.05, 4.69) is 4.98 Å². The van der Waals surface area contributed by atoms with Crippen LogP contribution in [-0.4, -0.2) is 24.2 Å². The summed E-state index contributed by atoms with van der Waals surface area (Å²) in [5, 5.41) is 11.5. The molecule has 0 amide bonds. The lowest BCUT2D eigenvalue weighted by atomic mass is 10.1. The van der Waals surface area contributed by atoms with E-state index in [1.165, 1.54) is 10.2 Å². The molecular weight excluding hydrogens is 330 g/mol. The number of ketones is 1. The number of hydrogen-bond donors (Lipinski definition) is 0. The molecule has 0 aliphatic heterocycles. The van der Waals surface area contributed by atoms with Crippen LogP contribution in [0.1, 0.15) is 23.7 Å². The minimum absolute atomic E-state index is 0.0105. The third-order valence-corrected chi connectivity index (χ3v) is 4.91. The summed E-state index contributed by atoms with van der Waals surface area (Å²) in [6, 6.07) is 10.3. The van der Waals surface area contributed by atoms with Crippen molar-refractivity contribution in [2.45, 2.75) is 18.2 Å². The van der Waals surface area contributed by atoms with Gasteiger partial charge in [-0.15, -0.1) is 3.97 Å². The molecule has 0 spiro atoms. The van der Waals surface area contributed by atoms with Crippen molar-refractivity contribution in [3.63, 3.8) is 0 Å². The van der Waals surface area contributed by atoms with E-state index in [9.17, 15) is 19.5 Å². The van der Waals surface area contributed by atoms with Crippen molar-refractivity contribution in [2.24, 2.45) is 0 Å². The van der Waals surface area contributed by atoms with Crippen molar-refractivity contribution in [1.82, 2.24) is 8.96 Å². The molecule has 0 bridgehead atoms. The molecular formula is C16H13N3O4S. The largest absolute Gasteiger partial charge is 0.587 e. The standard InChI is InChI=1S/C16H13N3O4S/c1-2-14(20)15-12-8-9-18(16(12)17-10-13(15)19(21)22)24(23)11-6-4-3-5-7-11/h3-10H,2H2,1H3. The molecule has 24 heavy (non-hydrogen) atoms. The zero-order valence-electron chi connectivity index (χ0n) is 12.7. The monoisotopic (exact) mass is 343 g/mol. The Labute approximate surface area is 140 Å². The Morgan fingerprint density at radius 1 is 1.29 bits per heavy atom. The van der Waals surface area contributed by atoms with E-state index in [-0.39, 0.29) is 29.1 Å². The summed E-state index contributed by atoms with van der Waals surface area (Å²) in [7, 11) is 0. The maximum Gasteiger partial charge on any atom is 0.299 e. The van der Waals surface area contributed by atoms with Crippen molar-refractivity contribution in [2.75, 3.05) is 0 Å². The van der Waals surface area contributed by atoms with Gasteiger partial charge in [0, 0.05) is 11.8 Å². The lowest BCUT2D eigenvalue weighted by molar-refractivity contribution is -0.385. The van der Waals surface area contributed by atoms with Gasteiger partial charge in [0.05, 0.1) is 11.1 Å². The molecule has 2 heterocycles. The predicted molar refractivity (Wildman–Crippen MR) is 89.3 cm³/mol. The normalized spacial score (nSPS) is 12.2. The Kier molecular flexibility index (Phi) is 4.32. The van der Waals surface area contributed by atoms with Crippen molar-refractivity contribution >= 4 is 33.9 Å². The Morgan fingerprint density at radius 3 is 2.62 bits per heavy atom. The molecule has 1 aromatic carbocycles. The number of benzene rings is 1. The number of nitrogens with zero attached hydrogens (tertiary/aromatic N) is 3. The number of pyridine rings is 1. The highest BCUT2D eigenvalue weighted by molar-refractivity contribution is 7.90. The lowest BCUT2D eigenvalue weighted by Gasteiger charge is -2.11. The molecule has 2 aromatic heterocycles. The number of Topliss-reactive ketones (excluding diaryl/α,β-unsaturated/α-hetero) is 1. The molecule has 1 atom stereocenters. The number of hydrogen-bond acceptors (Lipinski definition) is 5. The van der Waals surface area contributed by atoms with Crippen LogP contribution in [0.2, 0.25) is 0 Å². The van der Waals surface area contributed by atoms with Crippen LogP contribution in [0, 0.1) is 10.1 Å². The second-order valence-corrected chi connectivity index (χ2v) is 6.36. The van der Waals surface area contributed by atoms with Crippen LogP contribution in [0.3, 0.4) is 0 Å². The molecule has 0 fully saturated rings. The summed E-state index contributed by atoms with van der Waals surface area (Å²) < 4.78 is 14.1. The van der Waals surface area contributed by atoms with Gasteiger partial charge in [-0.1, -0.05) is 25.1 Å². The van der Waals surface area contributed by atoms with Gasteiger partial charge in [-0.3, -0.25) is 14.9 Å². The average Bonchev–Trinajstić information content (AvgIpc) is 3.04. The first-order valence-electron chi connectivity index (χ1n) is 7.19. The van der Waals surface area contributed by atoms with Gasteiger partial charge >= 0.3 is 0 Å². The SMILES string of the molecule is CCC(=O)c1c([N+](=O)[O-])cnc2c1ccn2[S+]([O-])c1ccccc1. The Balaban J connectivity index is 2.20. The minimum Gasteiger partial charge on any atom is -0.587 e. The molecule has 0 N–H and O–H groups in total. The first-order valence-corrected chi connectivity index (χ1v) is 8.30. The average molecular weight is 343 g/mol. The van der Waals surface area contributed by atoms with E-state index in [4.69, 9.17) is 0 Å². The topological polar surface area (TPSA) is 101 Å². The van der Waals surface area contributed by atoms with Gasteiger partial charge in [-0.05, 0) is 18.2 Å². The zero-order valence-corrected chi connectivity index (χ0v) is 13.5. The maximum absolute atomic E-state index is 12.7. The van der Waals surface area contributed by atoms with Gasteiger partial charge in [0.25, 0.3) is 5.69 Å². The molecule has 0 saturated heterocycles. The van der Waals surface area contributed by atoms with Crippen LogP contribution in [-0.2, 0) is 11.4 Å². The quantitative estimate of drug-likeness (QED) is 0.306. The van der Waals surface area contributed by atoms with Gasteiger partial charge in [0.1, 0.15) is 23.1 Å². The molecule has 1 unspecified atom stereocenters. The van der Waals surface area contributed by atoms with Gasteiger partial charge in [0.15, 0.2) is 16.3 Å². The lowest BCUT2D eigenvalue weighted by Crippen LogP contribution is -2.13. The summed E-state index contributed by atoms with van der Waals surface area (Å²) in [5.41, 5.74) is -0.0477. The third kappa shape index (κ3) is 2.66. The molecule has 0 saturated carbocycles. The number of aromatic nitrogens is 2. The molecule has 8 heteroatoms. The van der Waals surface area contributed by atoms with Crippen molar-refractivity contribution in [3.05, 3.63) is 64.5 Å². The van der Waals surface area contributed by atoms with Gasteiger partial charge in [-0.2, -0.15) is 0 Å². The number of fused-ring (bicyclic) bond motifs is 1. The highest BCUT2D eigenvalue weighted by Gasteiger charge is 2.27. The fraction of sp³-hybridized carbons (Fsp3) is 0.125. The third-order valence-electron chi connectivity index (χ3n) is 3.58. The van der Waals surface area contributed by atoms with E-state index in [0.717, 1.165) is 6.20 Å². The van der Waals surface area contributed by atoms with Gasteiger partial charge in [0.2, 0.25) is 0 Å². The van der Waals surface area contributed by atoms with Gasteiger partial charge in [-0.25, -0.2) is 4.98 Å². The molecule has 0 radical (unpaired) electrons. The Morgan fingerprint density at radius 2 is 2.00 bits per heavy atom. The summed E-state index contributed by atoms with van der Waals surface area (Å²) >= 11 is -1.56. The predicted octanol–water partition coefficient (Wildman–Crippen LogP) is 3.11. The first kappa shape index (κ1) is 16.2. The molecule has 3 rings (SSSR count). The summed E-state index contributed by atoms with van der Waals surface area (Å²) in [4.78, 5) is 27.4. The molecule has 3 aromatic rings. The van der Waals surface area contributed by atoms with E-state index in [0.29, 0.717) is 10.3 Å². The first-order chi connectivity index (χ1) is 11.5. The number of carbonyl (C=O) groups excluding carboxylic acids is 1. The van der Waals surface area contributed by atoms with Crippen LogP contribution >= 0.6 is 0 Å². The van der Waals surface area contributed by atoms with Crippen molar-refractivity contribution < 1.29 is 14.3 Å². The van der Waals surface area contributed by atoms with E-state index in [1.54, 1.807) is 37.3 Å². The van der Waals surface area contributed by atoms with Crippen LogP contribution < -0.4 is 0 Å². The Bertz CT molecular complexity index is 924. The summed E-state index contributed by atoms with van der Waals surface area (Å²) in [5.74, 6) is -0.350. The highest BCUT2D eigenvalue weighted by Crippen LogP contribution is 2.30. The molecule has 0 aliphatic rings. The van der Waals surface area contributed by atoms with E-state index in [1.807, 2.05) is 6.07 Å². The van der Waals surface area contributed by atoms with Crippen LogP contribution in [0.4, 0.5) is 5.69 Å². The zero-order chi connectivity index (χ0) is 17.3. The second kappa shape index (κ2) is 6.42. The molecule has 122 valence electrons. The summed E-state index contributed by atoms with van der Waals surface area (Å²) in [6.07, 6.45) is 2.70. The van der Waals surface area contributed by atoms with Crippen LogP contribution in [0.15, 0.2) is 53.7 Å². The van der Waals surface area contributed by atoms with Crippen molar-refractivity contribution in [3.8, 4) is 0 Å². The smallest absolute Gasteiger partial charge is 0.299 e. The maximum atomic E-state index is 12.7. The fourth-order valence-corrected chi connectivity index (χ4v) is 3.54. The fourth-order valence-electron chi connectivity index (χ4n) is 2.45. The minimum atomic E-state index is -1.56. The van der Waals surface area contributed by atoms with Crippen LogP contribution in [0.25, 0.3) is 11.0 Å². The Hall–Kier alpha value is -2.71. The number of nitro groups is 1. The van der Waals surface area contributed by atoms with E-state index >= 15 is 0 Å². The summed E-state index contributed by atoms with van der Waals surface area (Å²) in [6.45, 7) is 1.64. The number of rotatable bonds is 5. The van der Waals surface area contributed by atoms with E-state index < -0.39 is 16.3 Å². The highest BCUT2D eigenvalue weighted by atomic mass is 32.2. The number of carbonyl (C=O) groups is 1. The van der Waals surface area contributed by atoms with Crippen LogP contribution in [0.5, 0.6) is 0 Å². The van der Waals surface area contributed by atoms with Gasteiger partial charge < -0.3 is 4.55 Å². The molecule has 0 aliphatic carbocycles.